The maximum absolute atomic E-state index is 9.26. The fraction of sp³-hybridized carbons (Fsp3) is 1.00. The van der Waals surface area contributed by atoms with E-state index in [0.29, 0.717) is 0 Å². The van der Waals surface area contributed by atoms with Gasteiger partial charge in [-0.15, -0.1) is 24.8 Å². The van der Waals surface area contributed by atoms with E-state index in [-0.39, 0.29) is 37.0 Å². The number of aliphatic hydroxyl groups is 1. The van der Waals surface area contributed by atoms with Gasteiger partial charge >= 0.3 is 0 Å². The van der Waals surface area contributed by atoms with Crippen LogP contribution in [0.1, 0.15) is 0 Å². The number of hydrogen-bond donors (Lipinski definition) is 2. The lowest BCUT2D eigenvalue weighted by Gasteiger charge is -2.10. The van der Waals surface area contributed by atoms with Crippen molar-refractivity contribution in [2.24, 2.45) is 0 Å². The molecule has 1 aliphatic rings. The number of β-amino-alcohol motifs (C(OH)–C–C–N with tert-alkyl or cyclic N) is 1. The summed E-state index contributed by atoms with van der Waals surface area (Å²) in [6, 6.07) is 0.273. The largest absolute Gasteiger partial charge is 0.390 e. The normalized spacial score (nSPS) is 30.8. The molecule has 0 bridgehead atoms. The van der Waals surface area contributed by atoms with E-state index < -0.39 is 0 Å². The Morgan fingerprint density at radius 2 is 1.91 bits per heavy atom. The number of rotatable bonds is 1. The molecule has 1 fully saturated rings. The highest BCUT2D eigenvalue weighted by Crippen LogP contribution is 2.05. The smallest absolute Gasteiger partial charge is 0.0832 e. The molecule has 2 N–H and O–H groups in total. The van der Waals surface area contributed by atoms with Gasteiger partial charge in [0, 0.05) is 19.1 Å². The molecule has 0 aromatic carbocycles. The van der Waals surface area contributed by atoms with Crippen molar-refractivity contribution in [3.05, 3.63) is 0 Å². The number of aliphatic hydroxyl groups excluding tert-OH is 1. The molecular formula is C6H16Cl2N2O. The molecule has 1 rings (SSSR count). The van der Waals surface area contributed by atoms with Crippen molar-refractivity contribution >= 4 is 24.8 Å². The molecule has 0 spiro atoms. The molecule has 0 aliphatic carbocycles. The average Bonchev–Trinajstić information content (AvgIpc) is 2.10. The molecule has 0 amide bonds. The number of likely N-dealkylation sites (tertiary alicyclic amines) is 1. The lowest BCUT2D eigenvalue weighted by molar-refractivity contribution is 0.160. The van der Waals surface area contributed by atoms with Crippen LogP contribution in [0.4, 0.5) is 0 Å². The summed E-state index contributed by atoms with van der Waals surface area (Å²) in [5.41, 5.74) is 0. The molecule has 1 heterocycles. The first-order chi connectivity index (χ1) is 4.24. The molecule has 0 aromatic heterocycles. The van der Waals surface area contributed by atoms with Crippen LogP contribution >= 0.6 is 24.8 Å². The second-order valence-electron chi connectivity index (χ2n) is 2.68. The summed E-state index contributed by atoms with van der Waals surface area (Å²) in [4.78, 5) is 2.12. The van der Waals surface area contributed by atoms with Crippen molar-refractivity contribution in [2.45, 2.75) is 12.1 Å². The van der Waals surface area contributed by atoms with E-state index in [1.165, 1.54) is 0 Å². The third kappa shape index (κ3) is 3.58. The Bertz CT molecular complexity index is 105. The first-order valence-corrected chi connectivity index (χ1v) is 3.28. The molecular weight excluding hydrogens is 187 g/mol. The van der Waals surface area contributed by atoms with Crippen LogP contribution in [0.3, 0.4) is 0 Å². The number of nitrogens with one attached hydrogen (secondary N) is 1. The number of hydrogen-bond acceptors (Lipinski definition) is 3. The van der Waals surface area contributed by atoms with Crippen molar-refractivity contribution in [2.75, 3.05) is 27.2 Å². The minimum atomic E-state index is -0.181. The predicted octanol–water partition coefficient (Wildman–Crippen LogP) is -0.276. The molecule has 70 valence electrons. The van der Waals surface area contributed by atoms with Gasteiger partial charge in [0.2, 0.25) is 0 Å². The molecule has 2 atom stereocenters. The van der Waals surface area contributed by atoms with E-state index in [4.69, 9.17) is 0 Å². The van der Waals surface area contributed by atoms with Crippen molar-refractivity contribution in [1.29, 1.82) is 0 Å². The quantitative estimate of drug-likeness (QED) is 0.615. The summed E-state index contributed by atoms with van der Waals surface area (Å²) in [5, 5.41) is 12.3. The van der Waals surface area contributed by atoms with Gasteiger partial charge in [-0.25, -0.2) is 0 Å². The van der Waals surface area contributed by atoms with Gasteiger partial charge in [0.15, 0.2) is 0 Å². The van der Waals surface area contributed by atoms with Crippen LogP contribution in [0.2, 0.25) is 0 Å². The zero-order valence-electron chi connectivity index (χ0n) is 6.78. The van der Waals surface area contributed by atoms with Crippen molar-refractivity contribution in [3.8, 4) is 0 Å². The van der Waals surface area contributed by atoms with Crippen LogP contribution in [0.5, 0.6) is 0 Å². The minimum Gasteiger partial charge on any atom is -0.390 e. The maximum atomic E-state index is 9.26. The number of likely N-dealkylation sites (N-methyl/N-ethyl adjacent to an activating group) is 2. The van der Waals surface area contributed by atoms with Gasteiger partial charge in [-0.3, -0.25) is 0 Å². The second-order valence-corrected chi connectivity index (χ2v) is 2.68. The van der Waals surface area contributed by atoms with Crippen molar-refractivity contribution in [1.82, 2.24) is 10.2 Å². The first-order valence-electron chi connectivity index (χ1n) is 3.28. The molecule has 1 aliphatic heterocycles. The fourth-order valence-electron chi connectivity index (χ4n) is 1.26. The Kier molecular flexibility index (Phi) is 7.68. The predicted molar refractivity (Wildman–Crippen MR) is 50.8 cm³/mol. The molecule has 11 heavy (non-hydrogen) atoms. The molecule has 0 unspecified atom stereocenters. The van der Waals surface area contributed by atoms with E-state index >= 15 is 0 Å². The maximum Gasteiger partial charge on any atom is 0.0832 e. The summed E-state index contributed by atoms with van der Waals surface area (Å²) in [5.74, 6) is 0. The molecule has 3 nitrogen and oxygen atoms in total. The number of halogens is 2. The van der Waals surface area contributed by atoms with Gasteiger partial charge in [-0.1, -0.05) is 0 Å². The van der Waals surface area contributed by atoms with Crippen LogP contribution in [0, 0.1) is 0 Å². The van der Waals surface area contributed by atoms with E-state index in [0.717, 1.165) is 13.1 Å². The highest BCUT2D eigenvalue weighted by Gasteiger charge is 2.26. The van der Waals surface area contributed by atoms with E-state index in [2.05, 4.69) is 10.2 Å². The Labute approximate surface area is 80.0 Å². The SMILES string of the molecule is CN[C@@H]1CN(C)C[C@H]1O.Cl.Cl. The highest BCUT2D eigenvalue weighted by molar-refractivity contribution is 5.85. The Hall–Kier alpha value is 0.460. The van der Waals surface area contributed by atoms with Crippen LogP contribution in [-0.2, 0) is 0 Å². The van der Waals surface area contributed by atoms with Crippen molar-refractivity contribution < 1.29 is 5.11 Å². The van der Waals surface area contributed by atoms with Crippen LogP contribution in [0.15, 0.2) is 0 Å². The Balaban J connectivity index is 0. The van der Waals surface area contributed by atoms with Crippen molar-refractivity contribution in [3.63, 3.8) is 0 Å². The lowest BCUT2D eigenvalue weighted by Crippen LogP contribution is -2.36. The number of nitrogens with zero attached hydrogens (tertiary/aromatic N) is 1. The van der Waals surface area contributed by atoms with Crippen LogP contribution in [0.25, 0.3) is 0 Å². The Morgan fingerprint density at radius 1 is 1.36 bits per heavy atom. The fourth-order valence-corrected chi connectivity index (χ4v) is 1.26. The summed E-state index contributed by atoms with van der Waals surface area (Å²) >= 11 is 0. The van der Waals surface area contributed by atoms with Crippen LogP contribution < -0.4 is 5.32 Å². The van der Waals surface area contributed by atoms with E-state index in [1.54, 1.807) is 0 Å². The van der Waals surface area contributed by atoms with Gasteiger partial charge in [-0.2, -0.15) is 0 Å². The zero-order valence-corrected chi connectivity index (χ0v) is 8.41. The second kappa shape index (κ2) is 6.03. The average molecular weight is 203 g/mol. The van der Waals surface area contributed by atoms with E-state index in [9.17, 15) is 5.11 Å². The summed E-state index contributed by atoms with van der Waals surface area (Å²) in [7, 11) is 3.90. The lowest BCUT2D eigenvalue weighted by atomic mass is 10.2. The topological polar surface area (TPSA) is 35.5 Å². The third-order valence-corrected chi connectivity index (χ3v) is 1.84. The zero-order chi connectivity index (χ0) is 6.85. The molecule has 0 radical (unpaired) electrons. The summed E-state index contributed by atoms with van der Waals surface area (Å²) in [6.07, 6.45) is -0.181. The molecule has 5 heteroatoms. The van der Waals surface area contributed by atoms with Gasteiger partial charge in [-0.05, 0) is 14.1 Å². The van der Waals surface area contributed by atoms with Crippen LogP contribution in [-0.4, -0.2) is 49.3 Å². The monoisotopic (exact) mass is 202 g/mol. The highest BCUT2D eigenvalue weighted by atomic mass is 35.5. The molecule has 0 saturated carbocycles. The van der Waals surface area contributed by atoms with Gasteiger partial charge in [0.05, 0.1) is 6.10 Å². The summed E-state index contributed by atoms with van der Waals surface area (Å²) in [6.45, 7) is 1.75. The molecule has 0 aromatic rings. The van der Waals surface area contributed by atoms with Gasteiger partial charge in [0.25, 0.3) is 0 Å². The van der Waals surface area contributed by atoms with E-state index in [1.807, 2.05) is 14.1 Å². The molecule has 1 saturated heterocycles. The minimum absolute atomic E-state index is 0. The summed E-state index contributed by atoms with van der Waals surface area (Å²) < 4.78 is 0. The van der Waals surface area contributed by atoms with Gasteiger partial charge < -0.3 is 15.3 Å². The van der Waals surface area contributed by atoms with Gasteiger partial charge in [0.1, 0.15) is 0 Å². The third-order valence-electron chi connectivity index (χ3n) is 1.84. The standard InChI is InChI=1S/C6H14N2O.2ClH/c1-7-5-3-8(2)4-6(5)9;;/h5-7,9H,3-4H2,1-2H3;2*1H/t5-,6-;;/m1../s1. The first kappa shape index (κ1) is 14.0. The Morgan fingerprint density at radius 3 is 2.09 bits per heavy atom.